The van der Waals surface area contributed by atoms with E-state index in [0.717, 1.165) is 48.9 Å². The summed E-state index contributed by atoms with van der Waals surface area (Å²) < 4.78 is 5.28. The predicted molar refractivity (Wildman–Crippen MR) is 105 cm³/mol. The minimum atomic E-state index is -1.03. The van der Waals surface area contributed by atoms with Crippen LogP contribution in [0.4, 0.5) is 0 Å². The van der Waals surface area contributed by atoms with E-state index in [1.54, 1.807) is 18.2 Å². The number of methoxy groups -OCH3 is 1. The van der Waals surface area contributed by atoms with E-state index in [9.17, 15) is 14.7 Å². The number of aromatic carboxylic acids is 1. The van der Waals surface area contributed by atoms with E-state index in [4.69, 9.17) is 4.74 Å². The maximum atomic E-state index is 12.9. The topological polar surface area (TPSA) is 75.6 Å². The second-order valence-electron chi connectivity index (χ2n) is 8.35. The Kier molecular flexibility index (Phi) is 5.59. The fraction of sp³-hybridized carbons (Fsp3) is 0.545. The summed E-state index contributed by atoms with van der Waals surface area (Å²) in [6, 6.07) is 3.43. The summed E-state index contributed by atoms with van der Waals surface area (Å²) in [6.45, 7) is 4.16. The van der Waals surface area contributed by atoms with Crippen molar-refractivity contribution in [3.63, 3.8) is 0 Å². The van der Waals surface area contributed by atoms with Crippen LogP contribution in [0.3, 0.4) is 0 Å². The highest BCUT2D eigenvalue weighted by molar-refractivity contribution is 6.00. The smallest absolute Gasteiger partial charge is 0.339 e. The third-order valence-corrected chi connectivity index (χ3v) is 5.60. The van der Waals surface area contributed by atoms with Crippen LogP contribution in [0.15, 0.2) is 18.2 Å². The summed E-state index contributed by atoms with van der Waals surface area (Å²) in [5.41, 5.74) is 2.40. The molecule has 5 heteroatoms. The molecule has 1 fully saturated rings. The molecule has 0 radical (unpaired) electrons. The lowest BCUT2D eigenvalue weighted by atomic mass is 9.83. The number of hydrogen-bond acceptors (Lipinski definition) is 4. The molecular weight excluding hydrogens is 342 g/mol. The lowest BCUT2D eigenvalue weighted by Crippen LogP contribution is -2.44. The molecule has 1 aliphatic carbocycles. The fourth-order valence-electron chi connectivity index (χ4n) is 4.24. The van der Waals surface area contributed by atoms with Gasteiger partial charge in [0.2, 0.25) is 0 Å². The number of fused-ring (bicyclic) bond motifs is 1. The first kappa shape index (κ1) is 19.5. The fourth-order valence-corrected chi connectivity index (χ4v) is 4.24. The van der Waals surface area contributed by atoms with Gasteiger partial charge in [-0.25, -0.2) is 4.79 Å². The molecule has 27 heavy (non-hydrogen) atoms. The van der Waals surface area contributed by atoms with Gasteiger partial charge in [-0.3, -0.25) is 4.79 Å². The van der Waals surface area contributed by atoms with Gasteiger partial charge in [-0.1, -0.05) is 25.7 Å². The molecule has 0 saturated heterocycles. The Bertz CT molecular complexity index is 771. The van der Waals surface area contributed by atoms with Crippen LogP contribution in [0, 0.1) is 5.92 Å². The van der Waals surface area contributed by atoms with Gasteiger partial charge in [0.1, 0.15) is 11.3 Å². The summed E-state index contributed by atoms with van der Waals surface area (Å²) in [4.78, 5) is 24.5. The normalized spacial score (nSPS) is 21.1. The first-order valence-corrected chi connectivity index (χ1v) is 9.79. The standard InChI is InChI=1S/C22H29NO4/c1-22(2)13-15-10-20(27-3)17(21(25)26)11-16(15)18(23-22)12-19(24)14-8-6-4-5-7-9-14/h10-12,14,23H,4-9,13H2,1-3H3,(H,25,26)/b18-12-. The molecule has 1 aromatic carbocycles. The number of ketones is 1. The van der Waals surface area contributed by atoms with Crippen LogP contribution in [0.25, 0.3) is 5.70 Å². The molecule has 146 valence electrons. The van der Waals surface area contributed by atoms with Crippen molar-refractivity contribution >= 4 is 17.4 Å². The van der Waals surface area contributed by atoms with E-state index < -0.39 is 5.97 Å². The van der Waals surface area contributed by atoms with Gasteiger partial charge in [0, 0.05) is 28.8 Å². The first-order valence-electron chi connectivity index (χ1n) is 9.79. The number of nitrogens with one attached hydrogen (secondary N) is 1. The molecule has 1 saturated carbocycles. The van der Waals surface area contributed by atoms with E-state index in [-0.39, 0.29) is 22.8 Å². The second kappa shape index (κ2) is 7.75. The molecule has 2 aliphatic rings. The third kappa shape index (κ3) is 4.34. The molecule has 0 bridgehead atoms. The van der Waals surface area contributed by atoms with Crippen molar-refractivity contribution in [2.75, 3.05) is 7.11 Å². The highest BCUT2D eigenvalue weighted by Crippen LogP contribution is 2.35. The maximum absolute atomic E-state index is 12.9. The SMILES string of the molecule is COc1cc2c(cc1C(=O)O)/C(=C/C(=O)C1CCCCCC1)NC(C)(C)C2. The molecule has 0 unspecified atom stereocenters. The van der Waals surface area contributed by atoms with Crippen LogP contribution in [0.5, 0.6) is 5.75 Å². The Balaban J connectivity index is 2.02. The number of carbonyl (C=O) groups is 2. The monoisotopic (exact) mass is 371 g/mol. The highest BCUT2D eigenvalue weighted by atomic mass is 16.5. The Hall–Kier alpha value is -2.30. The van der Waals surface area contributed by atoms with Crippen LogP contribution in [-0.2, 0) is 11.2 Å². The second-order valence-corrected chi connectivity index (χ2v) is 8.35. The van der Waals surface area contributed by atoms with E-state index in [0.29, 0.717) is 5.75 Å². The summed E-state index contributed by atoms with van der Waals surface area (Å²) in [5, 5.41) is 13.0. The van der Waals surface area contributed by atoms with Gasteiger partial charge in [-0.05, 0) is 50.8 Å². The number of allylic oxidation sites excluding steroid dienone is 1. The predicted octanol–water partition coefficient (Wildman–Crippen LogP) is 4.20. The van der Waals surface area contributed by atoms with Crippen molar-refractivity contribution in [3.05, 3.63) is 34.9 Å². The first-order chi connectivity index (χ1) is 12.8. The van der Waals surface area contributed by atoms with E-state index in [2.05, 4.69) is 19.2 Å². The van der Waals surface area contributed by atoms with Crippen molar-refractivity contribution in [2.24, 2.45) is 5.92 Å². The van der Waals surface area contributed by atoms with Gasteiger partial charge in [-0.15, -0.1) is 0 Å². The summed E-state index contributed by atoms with van der Waals surface area (Å²) >= 11 is 0. The van der Waals surface area contributed by atoms with E-state index in [1.807, 2.05) is 0 Å². The largest absolute Gasteiger partial charge is 0.496 e. The molecule has 0 atom stereocenters. The summed E-state index contributed by atoms with van der Waals surface area (Å²) in [7, 11) is 1.48. The zero-order chi connectivity index (χ0) is 19.6. The number of ether oxygens (including phenoxy) is 1. The molecule has 0 amide bonds. The van der Waals surface area contributed by atoms with Crippen molar-refractivity contribution in [2.45, 2.75) is 64.3 Å². The number of benzene rings is 1. The van der Waals surface area contributed by atoms with Crippen molar-refractivity contribution < 1.29 is 19.4 Å². The highest BCUT2D eigenvalue weighted by Gasteiger charge is 2.31. The molecular formula is C22H29NO4. The van der Waals surface area contributed by atoms with Gasteiger partial charge in [0.05, 0.1) is 7.11 Å². The zero-order valence-electron chi connectivity index (χ0n) is 16.4. The molecule has 0 aromatic heterocycles. The van der Waals surface area contributed by atoms with Crippen molar-refractivity contribution in [1.29, 1.82) is 0 Å². The van der Waals surface area contributed by atoms with E-state index >= 15 is 0 Å². The van der Waals surface area contributed by atoms with Crippen LogP contribution in [0.2, 0.25) is 0 Å². The minimum Gasteiger partial charge on any atom is -0.496 e. The third-order valence-electron chi connectivity index (χ3n) is 5.60. The van der Waals surface area contributed by atoms with Gasteiger partial charge in [0.15, 0.2) is 5.78 Å². The Morgan fingerprint density at radius 2 is 1.85 bits per heavy atom. The summed E-state index contributed by atoms with van der Waals surface area (Å²) in [5.74, 6) is -0.453. The quantitative estimate of drug-likeness (QED) is 0.613. The van der Waals surface area contributed by atoms with Gasteiger partial charge < -0.3 is 15.2 Å². The molecule has 1 aliphatic heterocycles. The lowest BCUT2D eigenvalue weighted by molar-refractivity contribution is -0.118. The molecule has 1 heterocycles. The van der Waals surface area contributed by atoms with Crippen LogP contribution < -0.4 is 10.1 Å². The average Bonchev–Trinajstić information content (AvgIpc) is 2.89. The molecule has 5 nitrogen and oxygen atoms in total. The van der Waals surface area contributed by atoms with Gasteiger partial charge in [-0.2, -0.15) is 0 Å². The lowest BCUT2D eigenvalue weighted by Gasteiger charge is -2.36. The number of carboxylic acids is 1. The Morgan fingerprint density at radius 3 is 2.44 bits per heavy atom. The van der Waals surface area contributed by atoms with Gasteiger partial charge >= 0.3 is 5.97 Å². The number of carboxylic acid groups (broad SMARTS) is 1. The van der Waals surface area contributed by atoms with Crippen molar-refractivity contribution in [3.8, 4) is 5.75 Å². The number of carbonyl (C=O) groups excluding carboxylic acids is 1. The number of hydrogen-bond donors (Lipinski definition) is 2. The van der Waals surface area contributed by atoms with Crippen LogP contribution in [-0.4, -0.2) is 29.5 Å². The summed E-state index contributed by atoms with van der Waals surface area (Å²) in [6.07, 6.45) is 8.95. The van der Waals surface area contributed by atoms with Crippen LogP contribution >= 0.6 is 0 Å². The average molecular weight is 371 g/mol. The van der Waals surface area contributed by atoms with E-state index in [1.165, 1.54) is 20.0 Å². The minimum absolute atomic E-state index is 0.0764. The molecule has 2 N–H and O–H groups in total. The van der Waals surface area contributed by atoms with Gasteiger partial charge in [0.25, 0.3) is 0 Å². The molecule has 0 spiro atoms. The van der Waals surface area contributed by atoms with Crippen LogP contribution in [0.1, 0.15) is 73.9 Å². The Morgan fingerprint density at radius 1 is 1.19 bits per heavy atom. The molecule has 1 aromatic rings. The zero-order valence-corrected chi connectivity index (χ0v) is 16.4. The number of rotatable bonds is 4. The van der Waals surface area contributed by atoms with Crippen molar-refractivity contribution in [1.82, 2.24) is 5.32 Å². The molecule has 3 rings (SSSR count). The Labute approximate surface area is 160 Å². The maximum Gasteiger partial charge on any atom is 0.339 e.